The fourth-order valence-corrected chi connectivity index (χ4v) is 3.79. The van der Waals surface area contributed by atoms with Crippen molar-refractivity contribution in [3.8, 4) is 0 Å². The zero-order chi connectivity index (χ0) is 14.9. The normalized spacial score (nSPS) is 21.4. The minimum Gasteiger partial charge on any atom is -0.477 e. The quantitative estimate of drug-likeness (QED) is 0.888. The molecule has 1 amide bonds. The highest BCUT2D eigenvalue weighted by molar-refractivity contribution is 7.12. The van der Waals surface area contributed by atoms with Crippen molar-refractivity contribution < 1.29 is 14.7 Å². The van der Waals surface area contributed by atoms with E-state index in [1.54, 1.807) is 5.38 Å². The minimum atomic E-state index is -0.985. The second-order valence-corrected chi connectivity index (χ2v) is 7.08. The molecule has 1 atom stereocenters. The van der Waals surface area contributed by atoms with Crippen LogP contribution in [0.25, 0.3) is 0 Å². The summed E-state index contributed by atoms with van der Waals surface area (Å²) in [6.07, 6.45) is 4.15. The zero-order valence-corrected chi connectivity index (χ0v) is 13.0. The van der Waals surface area contributed by atoms with E-state index in [0.29, 0.717) is 5.69 Å². The molecule has 5 heteroatoms. The number of nitrogens with one attached hydrogen (secondary N) is 1. The Bertz CT molecular complexity index is 533. The molecule has 0 bridgehead atoms. The lowest BCUT2D eigenvalue weighted by Crippen LogP contribution is -2.37. The van der Waals surface area contributed by atoms with Gasteiger partial charge in [0.15, 0.2) is 0 Å². The average Bonchev–Trinajstić information content (AvgIpc) is 2.70. The van der Waals surface area contributed by atoms with Gasteiger partial charge < -0.3 is 10.4 Å². The van der Waals surface area contributed by atoms with Crippen molar-refractivity contribution in [2.24, 2.45) is 11.3 Å². The number of hydrogen-bond acceptors (Lipinski definition) is 3. The maximum absolute atomic E-state index is 12.5. The van der Waals surface area contributed by atoms with Crippen LogP contribution in [0.1, 0.15) is 54.8 Å². The molecule has 1 aromatic heterocycles. The monoisotopic (exact) mass is 295 g/mol. The Labute approximate surface area is 123 Å². The first-order chi connectivity index (χ1) is 9.33. The van der Waals surface area contributed by atoms with Crippen LogP contribution in [0.3, 0.4) is 0 Å². The van der Waals surface area contributed by atoms with Crippen LogP contribution in [0.5, 0.6) is 0 Å². The summed E-state index contributed by atoms with van der Waals surface area (Å²) >= 11 is 1.16. The number of hydrogen-bond donors (Lipinski definition) is 2. The SMILES string of the molecule is Cc1csc(C(=O)O)c1NC(=O)C1CCCCC1(C)C. The van der Waals surface area contributed by atoms with E-state index < -0.39 is 5.97 Å². The Morgan fingerprint density at radius 1 is 1.40 bits per heavy atom. The summed E-state index contributed by atoms with van der Waals surface area (Å²) in [4.78, 5) is 23.9. The summed E-state index contributed by atoms with van der Waals surface area (Å²) in [5.41, 5.74) is 1.26. The average molecular weight is 295 g/mol. The molecule has 1 unspecified atom stereocenters. The van der Waals surface area contributed by atoms with E-state index in [2.05, 4.69) is 19.2 Å². The number of aryl methyl sites for hydroxylation is 1. The molecule has 0 aliphatic heterocycles. The molecule has 1 saturated carbocycles. The van der Waals surface area contributed by atoms with Crippen LogP contribution in [-0.4, -0.2) is 17.0 Å². The largest absolute Gasteiger partial charge is 0.477 e. The predicted molar refractivity (Wildman–Crippen MR) is 80.4 cm³/mol. The van der Waals surface area contributed by atoms with Crippen LogP contribution < -0.4 is 5.32 Å². The topological polar surface area (TPSA) is 66.4 Å². The molecule has 0 saturated heterocycles. The number of amides is 1. The van der Waals surface area contributed by atoms with Gasteiger partial charge in [-0.3, -0.25) is 4.79 Å². The molecular weight excluding hydrogens is 274 g/mol. The van der Waals surface area contributed by atoms with Gasteiger partial charge in [-0.15, -0.1) is 11.3 Å². The lowest BCUT2D eigenvalue weighted by atomic mass is 9.68. The number of aromatic carboxylic acids is 1. The molecule has 1 aliphatic rings. The van der Waals surface area contributed by atoms with Gasteiger partial charge in [-0.2, -0.15) is 0 Å². The fraction of sp³-hybridized carbons (Fsp3) is 0.600. The maximum Gasteiger partial charge on any atom is 0.348 e. The molecule has 0 aromatic carbocycles. The van der Waals surface area contributed by atoms with Crippen LogP contribution in [-0.2, 0) is 4.79 Å². The lowest BCUT2D eigenvalue weighted by Gasteiger charge is -2.37. The fourth-order valence-electron chi connectivity index (χ4n) is 2.95. The van der Waals surface area contributed by atoms with E-state index in [1.165, 1.54) is 0 Å². The van der Waals surface area contributed by atoms with Crippen molar-refractivity contribution >= 4 is 28.9 Å². The molecular formula is C15H21NO3S. The lowest BCUT2D eigenvalue weighted by molar-refractivity contribution is -0.124. The zero-order valence-electron chi connectivity index (χ0n) is 12.2. The van der Waals surface area contributed by atoms with E-state index in [4.69, 9.17) is 5.11 Å². The standard InChI is InChI=1S/C15H21NO3S/c1-9-8-20-12(14(18)19)11(9)16-13(17)10-6-4-5-7-15(10,2)3/h8,10H,4-7H2,1-3H3,(H,16,17)(H,18,19). The number of rotatable bonds is 3. The summed E-state index contributed by atoms with van der Waals surface area (Å²) in [7, 11) is 0. The number of anilines is 1. The van der Waals surface area contributed by atoms with Crippen molar-refractivity contribution in [2.45, 2.75) is 46.5 Å². The molecule has 1 heterocycles. The van der Waals surface area contributed by atoms with Gasteiger partial charge in [0.25, 0.3) is 0 Å². The highest BCUT2D eigenvalue weighted by atomic mass is 32.1. The molecule has 20 heavy (non-hydrogen) atoms. The Morgan fingerprint density at radius 2 is 2.10 bits per heavy atom. The first-order valence-electron chi connectivity index (χ1n) is 6.95. The van der Waals surface area contributed by atoms with Gasteiger partial charge in [0, 0.05) is 5.92 Å². The van der Waals surface area contributed by atoms with E-state index in [-0.39, 0.29) is 22.1 Å². The Kier molecular flexibility index (Phi) is 4.18. The van der Waals surface area contributed by atoms with Crippen molar-refractivity contribution in [3.63, 3.8) is 0 Å². The number of thiophene rings is 1. The third-order valence-corrected chi connectivity index (χ3v) is 5.33. The third kappa shape index (κ3) is 2.87. The minimum absolute atomic E-state index is 0.0182. The van der Waals surface area contributed by atoms with E-state index in [0.717, 1.165) is 42.6 Å². The summed E-state index contributed by atoms with van der Waals surface area (Å²) in [5, 5.41) is 13.8. The summed E-state index contributed by atoms with van der Waals surface area (Å²) in [6, 6.07) is 0. The van der Waals surface area contributed by atoms with Gasteiger partial charge >= 0.3 is 5.97 Å². The third-order valence-electron chi connectivity index (χ3n) is 4.24. The van der Waals surface area contributed by atoms with Crippen molar-refractivity contribution in [3.05, 3.63) is 15.8 Å². The van der Waals surface area contributed by atoms with Gasteiger partial charge in [-0.05, 0) is 36.1 Å². The second kappa shape index (κ2) is 5.56. The number of carbonyl (C=O) groups excluding carboxylic acids is 1. The van der Waals surface area contributed by atoms with E-state index in [1.807, 2.05) is 6.92 Å². The molecule has 0 spiro atoms. The van der Waals surface area contributed by atoms with Crippen LogP contribution in [0.2, 0.25) is 0 Å². The molecule has 1 aliphatic carbocycles. The maximum atomic E-state index is 12.5. The molecule has 1 fully saturated rings. The van der Waals surface area contributed by atoms with Crippen LogP contribution in [0.15, 0.2) is 5.38 Å². The van der Waals surface area contributed by atoms with E-state index in [9.17, 15) is 9.59 Å². The highest BCUT2D eigenvalue weighted by Crippen LogP contribution is 2.41. The van der Waals surface area contributed by atoms with Crippen molar-refractivity contribution in [1.82, 2.24) is 0 Å². The first-order valence-corrected chi connectivity index (χ1v) is 7.83. The van der Waals surface area contributed by atoms with Gasteiger partial charge in [0.2, 0.25) is 5.91 Å². The number of carbonyl (C=O) groups is 2. The van der Waals surface area contributed by atoms with Gasteiger partial charge in [-0.1, -0.05) is 26.7 Å². The summed E-state index contributed by atoms with van der Waals surface area (Å²) in [5.74, 6) is -1.07. The first kappa shape index (κ1) is 15.0. The predicted octanol–water partition coefficient (Wildman–Crippen LogP) is 3.91. The van der Waals surface area contributed by atoms with Crippen molar-refractivity contribution in [2.75, 3.05) is 5.32 Å². The summed E-state index contributed by atoms with van der Waals surface area (Å²) < 4.78 is 0. The molecule has 2 rings (SSSR count). The van der Waals surface area contributed by atoms with Crippen LogP contribution >= 0.6 is 11.3 Å². The smallest absolute Gasteiger partial charge is 0.348 e. The van der Waals surface area contributed by atoms with Gasteiger partial charge in [-0.25, -0.2) is 4.79 Å². The second-order valence-electron chi connectivity index (χ2n) is 6.20. The van der Waals surface area contributed by atoms with E-state index >= 15 is 0 Å². The highest BCUT2D eigenvalue weighted by Gasteiger charge is 2.37. The Morgan fingerprint density at radius 3 is 2.70 bits per heavy atom. The molecule has 4 nitrogen and oxygen atoms in total. The van der Waals surface area contributed by atoms with Gasteiger partial charge in [0.1, 0.15) is 4.88 Å². The molecule has 2 N–H and O–H groups in total. The molecule has 1 aromatic rings. The molecule has 110 valence electrons. The van der Waals surface area contributed by atoms with Crippen molar-refractivity contribution in [1.29, 1.82) is 0 Å². The van der Waals surface area contributed by atoms with Gasteiger partial charge in [0.05, 0.1) is 5.69 Å². The van der Waals surface area contributed by atoms with Crippen LogP contribution in [0, 0.1) is 18.3 Å². The Hall–Kier alpha value is -1.36. The summed E-state index contributed by atoms with van der Waals surface area (Å²) in [6.45, 7) is 6.06. The number of carboxylic acid groups (broad SMARTS) is 1. The molecule has 0 radical (unpaired) electrons. The Balaban J connectivity index is 2.19. The van der Waals surface area contributed by atoms with Crippen LogP contribution in [0.4, 0.5) is 5.69 Å². The number of carboxylic acids is 1.